The summed E-state index contributed by atoms with van der Waals surface area (Å²) in [5.41, 5.74) is -0.101. The maximum Gasteiger partial charge on any atom is 0.352 e. The number of carbonyl (C=O) groups is 1. The van der Waals surface area contributed by atoms with Crippen LogP contribution in [0, 0.1) is 11.5 Å². The molecule has 8 nitrogen and oxygen atoms in total. The molecule has 1 aliphatic heterocycles. The lowest BCUT2D eigenvalue weighted by atomic mass is 10.3. The molecule has 0 unspecified atom stereocenters. The van der Waals surface area contributed by atoms with Gasteiger partial charge in [-0.25, -0.2) is 17.9 Å². The molecule has 1 aromatic heterocycles. The Hall–Kier alpha value is -2.05. The van der Waals surface area contributed by atoms with E-state index >= 15 is 0 Å². The maximum absolute atomic E-state index is 12.2. The van der Waals surface area contributed by atoms with E-state index in [1.165, 1.54) is 24.1 Å². The number of carboxylic acids is 1. The molecular formula is C11H14N4O4S. The second-order valence-corrected chi connectivity index (χ2v) is 6.23. The Morgan fingerprint density at radius 3 is 2.75 bits per heavy atom. The molecular weight excluding hydrogens is 284 g/mol. The van der Waals surface area contributed by atoms with E-state index in [0.29, 0.717) is 19.5 Å². The minimum atomic E-state index is -3.81. The summed E-state index contributed by atoms with van der Waals surface area (Å²) in [4.78, 5) is 12.4. The van der Waals surface area contributed by atoms with Crippen molar-refractivity contribution in [2.75, 3.05) is 13.1 Å². The Bertz CT molecular complexity index is 673. The van der Waals surface area contributed by atoms with Gasteiger partial charge in [-0.1, -0.05) is 0 Å². The van der Waals surface area contributed by atoms with E-state index in [0.717, 1.165) is 4.57 Å². The van der Waals surface area contributed by atoms with E-state index < -0.39 is 16.0 Å². The van der Waals surface area contributed by atoms with Gasteiger partial charge in [-0.3, -0.25) is 0 Å². The van der Waals surface area contributed by atoms with E-state index in [2.05, 4.69) is 4.72 Å². The standard InChI is InChI=1S/C11H14N4O4S/c1-14-9(11(16)17)2-3-10(14)20(18,19)13-8-4-5-15(6-8)7-12/h2-3,8,13H,4-6H2,1H3,(H,16,17)/t8-/m1/s1. The van der Waals surface area contributed by atoms with Crippen LogP contribution in [0.5, 0.6) is 0 Å². The van der Waals surface area contributed by atoms with Gasteiger partial charge in [0.25, 0.3) is 10.0 Å². The predicted octanol–water partition coefficient (Wildman–Crippen LogP) is -0.443. The zero-order chi connectivity index (χ0) is 14.9. The number of sulfonamides is 1. The largest absolute Gasteiger partial charge is 0.477 e. The first-order chi connectivity index (χ1) is 9.35. The fourth-order valence-corrected chi connectivity index (χ4v) is 3.66. The minimum Gasteiger partial charge on any atom is -0.477 e. The van der Waals surface area contributed by atoms with Crippen molar-refractivity contribution in [3.63, 3.8) is 0 Å². The summed E-state index contributed by atoms with van der Waals surface area (Å²) < 4.78 is 28.0. The van der Waals surface area contributed by atoms with Gasteiger partial charge in [0, 0.05) is 26.2 Å². The molecule has 1 aliphatic rings. The van der Waals surface area contributed by atoms with Crippen LogP contribution in [0.15, 0.2) is 17.2 Å². The molecule has 0 spiro atoms. The van der Waals surface area contributed by atoms with Crippen molar-refractivity contribution >= 4 is 16.0 Å². The highest BCUT2D eigenvalue weighted by Gasteiger charge is 2.29. The molecule has 0 radical (unpaired) electrons. The number of rotatable bonds is 4. The maximum atomic E-state index is 12.2. The molecule has 0 amide bonds. The molecule has 9 heteroatoms. The Morgan fingerprint density at radius 1 is 1.55 bits per heavy atom. The Labute approximate surface area is 116 Å². The van der Waals surface area contributed by atoms with Gasteiger partial charge in [0.15, 0.2) is 11.2 Å². The summed E-state index contributed by atoms with van der Waals surface area (Å²) in [5.74, 6) is -1.19. The first-order valence-corrected chi connectivity index (χ1v) is 7.39. The molecule has 1 saturated heterocycles. The van der Waals surface area contributed by atoms with Crippen LogP contribution in [-0.4, -0.2) is 48.1 Å². The molecule has 0 saturated carbocycles. The van der Waals surface area contributed by atoms with Gasteiger partial charge in [0.2, 0.25) is 0 Å². The topological polar surface area (TPSA) is 115 Å². The fourth-order valence-electron chi connectivity index (χ4n) is 2.20. The third-order valence-corrected chi connectivity index (χ3v) is 4.83. The van der Waals surface area contributed by atoms with Crippen LogP contribution in [0.4, 0.5) is 0 Å². The molecule has 2 rings (SSSR count). The number of aromatic carboxylic acids is 1. The first-order valence-electron chi connectivity index (χ1n) is 5.91. The Kier molecular flexibility index (Phi) is 3.69. The second kappa shape index (κ2) is 5.15. The van der Waals surface area contributed by atoms with E-state index in [9.17, 15) is 13.2 Å². The van der Waals surface area contributed by atoms with Gasteiger partial charge in [-0.2, -0.15) is 5.26 Å². The van der Waals surface area contributed by atoms with E-state index in [1.807, 2.05) is 6.19 Å². The van der Waals surface area contributed by atoms with Gasteiger partial charge in [0.1, 0.15) is 5.69 Å². The lowest BCUT2D eigenvalue weighted by Gasteiger charge is -2.13. The van der Waals surface area contributed by atoms with Crippen molar-refractivity contribution in [3.05, 3.63) is 17.8 Å². The summed E-state index contributed by atoms with van der Waals surface area (Å²) in [7, 11) is -2.42. The smallest absolute Gasteiger partial charge is 0.352 e. The van der Waals surface area contributed by atoms with Crippen LogP contribution in [0.2, 0.25) is 0 Å². The van der Waals surface area contributed by atoms with E-state index in [1.54, 1.807) is 0 Å². The summed E-state index contributed by atoms with van der Waals surface area (Å²) in [6, 6.07) is 2.15. The van der Waals surface area contributed by atoms with Crippen molar-refractivity contribution in [1.29, 1.82) is 5.26 Å². The van der Waals surface area contributed by atoms with Crippen LogP contribution in [-0.2, 0) is 17.1 Å². The number of nitrogens with one attached hydrogen (secondary N) is 1. The number of carboxylic acid groups (broad SMARTS) is 1. The highest BCUT2D eigenvalue weighted by Crippen LogP contribution is 2.16. The molecule has 1 fully saturated rings. The second-order valence-electron chi connectivity index (χ2n) is 4.57. The normalized spacial score (nSPS) is 19.0. The van der Waals surface area contributed by atoms with E-state index in [-0.39, 0.29) is 16.8 Å². The van der Waals surface area contributed by atoms with Gasteiger partial charge >= 0.3 is 5.97 Å². The number of aromatic nitrogens is 1. The molecule has 2 N–H and O–H groups in total. The molecule has 0 bridgehead atoms. The summed E-state index contributed by atoms with van der Waals surface area (Å²) in [6.07, 6.45) is 2.51. The van der Waals surface area contributed by atoms with Gasteiger partial charge in [0.05, 0.1) is 0 Å². The molecule has 0 aliphatic carbocycles. The molecule has 108 valence electrons. The van der Waals surface area contributed by atoms with Crippen molar-refractivity contribution in [3.8, 4) is 6.19 Å². The quantitative estimate of drug-likeness (QED) is 0.728. The molecule has 0 aromatic carbocycles. The van der Waals surface area contributed by atoms with Crippen molar-refractivity contribution in [1.82, 2.24) is 14.2 Å². The highest BCUT2D eigenvalue weighted by molar-refractivity contribution is 7.89. The summed E-state index contributed by atoms with van der Waals surface area (Å²) >= 11 is 0. The SMILES string of the molecule is Cn1c(C(=O)O)ccc1S(=O)(=O)N[C@@H]1CCN(C#N)C1. The van der Waals surface area contributed by atoms with Gasteiger partial charge in [-0.15, -0.1) is 0 Å². The van der Waals surface area contributed by atoms with Crippen molar-refractivity contribution < 1.29 is 18.3 Å². The van der Waals surface area contributed by atoms with Crippen molar-refractivity contribution in [2.24, 2.45) is 7.05 Å². The Morgan fingerprint density at radius 2 is 2.25 bits per heavy atom. The molecule has 1 atom stereocenters. The average Bonchev–Trinajstić information content (AvgIpc) is 2.95. The predicted molar refractivity (Wildman–Crippen MR) is 68.3 cm³/mol. The van der Waals surface area contributed by atoms with Crippen LogP contribution in [0.3, 0.4) is 0 Å². The fraction of sp³-hybridized carbons (Fsp3) is 0.455. The lowest BCUT2D eigenvalue weighted by molar-refractivity contribution is 0.0685. The third kappa shape index (κ3) is 2.61. The van der Waals surface area contributed by atoms with Gasteiger partial charge in [-0.05, 0) is 18.6 Å². The van der Waals surface area contributed by atoms with Gasteiger partial charge < -0.3 is 14.6 Å². The molecule has 2 heterocycles. The lowest BCUT2D eigenvalue weighted by Crippen LogP contribution is -2.37. The van der Waals surface area contributed by atoms with E-state index in [4.69, 9.17) is 10.4 Å². The Balaban J connectivity index is 2.20. The number of hydrogen-bond donors (Lipinski definition) is 2. The monoisotopic (exact) mass is 298 g/mol. The third-order valence-electron chi connectivity index (χ3n) is 3.22. The number of nitriles is 1. The van der Waals surface area contributed by atoms with Crippen LogP contribution >= 0.6 is 0 Å². The minimum absolute atomic E-state index is 0.101. The number of hydrogen-bond acceptors (Lipinski definition) is 5. The average molecular weight is 298 g/mol. The van der Waals surface area contributed by atoms with Crippen LogP contribution < -0.4 is 4.72 Å². The van der Waals surface area contributed by atoms with Crippen LogP contribution in [0.25, 0.3) is 0 Å². The summed E-state index contributed by atoms with van der Waals surface area (Å²) in [5, 5.41) is 17.5. The molecule has 1 aromatic rings. The summed E-state index contributed by atoms with van der Waals surface area (Å²) in [6.45, 7) is 0.836. The highest BCUT2D eigenvalue weighted by atomic mass is 32.2. The molecule has 20 heavy (non-hydrogen) atoms. The number of likely N-dealkylation sites (tertiary alicyclic amines) is 1. The van der Waals surface area contributed by atoms with Crippen LogP contribution in [0.1, 0.15) is 16.9 Å². The first kappa shape index (κ1) is 14.4. The van der Waals surface area contributed by atoms with Crippen molar-refractivity contribution in [2.45, 2.75) is 17.5 Å². The zero-order valence-corrected chi connectivity index (χ0v) is 11.6. The zero-order valence-electron chi connectivity index (χ0n) is 10.8. The number of nitrogens with zero attached hydrogens (tertiary/aromatic N) is 3.